The number of hydrogen-bond donors (Lipinski definition) is 2. The van der Waals surface area contributed by atoms with Crippen molar-refractivity contribution in [3.05, 3.63) is 16.1 Å². The third-order valence-corrected chi connectivity index (χ3v) is 3.72. The zero-order chi connectivity index (χ0) is 10.0. The topological polar surface area (TPSA) is 45.2 Å². The molecule has 0 radical (unpaired) electrons. The van der Waals surface area contributed by atoms with Gasteiger partial charge >= 0.3 is 0 Å². The van der Waals surface area contributed by atoms with Gasteiger partial charge in [0.05, 0.1) is 16.8 Å². The molecule has 3 nitrogen and oxygen atoms in total. The molecule has 1 aliphatic rings. The summed E-state index contributed by atoms with van der Waals surface area (Å²) in [5, 5.41) is 13.5. The van der Waals surface area contributed by atoms with Gasteiger partial charge in [0.2, 0.25) is 0 Å². The molecule has 0 aromatic carbocycles. The van der Waals surface area contributed by atoms with Gasteiger partial charge in [-0.15, -0.1) is 11.3 Å². The zero-order valence-corrected chi connectivity index (χ0v) is 9.23. The predicted octanol–water partition coefficient (Wildman–Crippen LogP) is 1.11. The lowest BCUT2D eigenvalue weighted by molar-refractivity contribution is 0.0175. The van der Waals surface area contributed by atoms with Crippen LogP contribution in [0.5, 0.6) is 0 Å². The summed E-state index contributed by atoms with van der Waals surface area (Å²) in [6.07, 6.45) is 2.71. The second-order valence-corrected chi connectivity index (χ2v) is 4.98. The largest absolute Gasteiger partial charge is 0.388 e. The minimum Gasteiger partial charge on any atom is -0.388 e. The summed E-state index contributed by atoms with van der Waals surface area (Å²) in [4.78, 5) is 5.42. The Bertz CT molecular complexity index is 305. The Morgan fingerprint density at radius 3 is 3.14 bits per heavy atom. The van der Waals surface area contributed by atoms with Gasteiger partial charge in [-0.05, 0) is 26.3 Å². The number of thiazole rings is 1. The Labute approximate surface area is 88.2 Å². The molecule has 1 aromatic rings. The average molecular weight is 212 g/mol. The van der Waals surface area contributed by atoms with E-state index in [1.165, 1.54) is 4.88 Å². The molecule has 1 saturated heterocycles. The Hall–Kier alpha value is -0.450. The molecule has 14 heavy (non-hydrogen) atoms. The quantitative estimate of drug-likeness (QED) is 0.772. The first-order valence-corrected chi connectivity index (χ1v) is 5.90. The van der Waals surface area contributed by atoms with E-state index in [9.17, 15) is 5.11 Å². The fourth-order valence-electron chi connectivity index (χ4n) is 1.90. The number of rotatable bonds is 2. The number of β-amino-alcohol motifs (C(OH)–C–C–N with tert-alkyl or cyclic N) is 1. The van der Waals surface area contributed by atoms with Crippen molar-refractivity contribution in [1.82, 2.24) is 10.3 Å². The standard InChI is InChI=1S/C10H16N2OS/c1-8-9(14-7-12-8)5-10(13)3-2-4-11-6-10/h7,11,13H,2-6H2,1H3. The highest BCUT2D eigenvalue weighted by Gasteiger charge is 2.30. The Kier molecular flexibility index (Phi) is 2.85. The van der Waals surface area contributed by atoms with Gasteiger partial charge in [-0.2, -0.15) is 0 Å². The van der Waals surface area contributed by atoms with Crippen molar-refractivity contribution in [2.45, 2.75) is 31.8 Å². The van der Waals surface area contributed by atoms with Crippen molar-refractivity contribution in [3.8, 4) is 0 Å². The molecule has 2 heterocycles. The molecule has 1 aromatic heterocycles. The van der Waals surface area contributed by atoms with Crippen molar-refractivity contribution in [2.24, 2.45) is 0 Å². The van der Waals surface area contributed by atoms with Crippen LogP contribution in [0.15, 0.2) is 5.51 Å². The minimum atomic E-state index is -0.546. The van der Waals surface area contributed by atoms with Crippen LogP contribution >= 0.6 is 11.3 Å². The van der Waals surface area contributed by atoms with E-state index < -0.39 is 5.60 Å². The number of aromatic nitrogens is 1. The highest BCUT2D eigenvalue weighted by Crippen LogP contribution is 2.24. The van der Waals surface area contributed by atoms with Gasteiger partial charge in [-0.1, -0.05) is 0 Å². The summed E-state index contributed by atoms with van der Waals surface area (Å²) in [5.74, 6) is 0. The average Bonchev–Trinajstić information content (AvgIpc) is 2.52. The van der Waals surface area contributed by atoms with Crippen molar-refractivity contribution >= 4 is 11.3 Å². The third-order valence-electron chi connectivity index (χ3n) is 2.78. The van der Waals surface area contributed by atoms with Crippen molar-refractivity contribution in [1.29, 1.82) is 0 Å². The van der Waals surface area contributed by atoms with Gasteiger partial charge in [0.25, 0.3) is 0 Å². The molecule has 78 valence electrons. The number of nitrogens with zero attached hydrogens (tertiary/aromatic N) is 1. The molecule has 1 aliphatic heterocycles. The lowest BCUT2D eigenvalue weighted by atomic mass is 9.90. The molecular formula is C10H16N2OS. The van der Waals surface area contributed by atoms with Crippen LogP contribution in [0.3, 0.4) is 0 Å². The maximum absolute atomic E-state index is 10.3. The summed E-state index contributed by atoms with van der Waals surface area (Å²) in [5.41, 5.74) is 2.37. The SMILES string of the molecule is Cc1ncsc1CC1(O)CCCNC1. The smallest absolute Gasteiger partial charge is 0.0820 e. The molecule has 0 saturated carbocycles. The Morgan fingerprint density at radius 1 is 1.71 bits per heavy atom. The molecule has 1 fully saturated rings. The second-order valence-electron chi connectivity index (χ2n) is 4.04. The Morgan fingerprint density at radius 2 is 2.57 bits per heavy atom. The van der Waals surface area contributed by atoms with Gasteiger partial charge in [-0.3, -0.25) is 0 Å². The maximum atomic E-state index is 10.3. The summed E-state index contributed by atoms with van der Waals surface area (Å²) >= 11 is 1.64. The first-order valence-electron chi connectivity index (χ1n) is 5.02. The Balaban J connectivity index is 2.05. The highest BCUT2D eigenvalue weighted by atomic mass is 32.1. The van der Waals surface area contributed by atoms with E-state index >= 15 is 0 Å². The molecule has 0 spiro atoms. The van der Waals surface area contributed by atoms with Crippen LogP contribution in [-0.4, -0.2) is 28.8 Å². The van der Waals surface area contributed by atoms with E-state index in [0.29, 0.717) is 6.54 Å². The van der Waals surface area contributed by atoms with E-state index in [4.69, 9.17) is 0 Å². The third kappa shape index (κ3) is 2.13. The van der Waals surface area contributed by atoms with Crippen molar-refractivity contribution < 1.29 is 5.11 Å². The van der Waals surface area contributed by atoms with Crippen LogP contribution in [0.2, 0.25) is 0 Å². The number of aryl methyl sites for hydroxylation is 1. The minimum absolute atomic E-state index is 0.546. The molecular weight excluding hydrogens is 196 g/mol. The monoisotopic (exact) mass is 212 g/mol. The first kappa shape index (κ1) is 10.1. The molecule has 1 atom stereocenters. The zero-order valence-electron chi connectivity index (χ0n) is 8.42. The predicted molar refractivity (Wildman–Crippen MR) is 57.6 cm³/mol. The van der Waals surface area contributed by atoms with E-state index in [0.717, 1.165) is 31.5 Å². The molecule has 4 heteroatoms. The van der Waals surface area contributed by atoms with E-state index in [1.807, 2.05) is 12.4 Å². The summed E-state index contributed by atoms with van der Waals surface area (Å²) in [7, 11) is 0. The normalized spacial score (nSPS) is 27.9. The van der Waals surface area contributed by atoms with Crippen LogP contribution in [0.25, 0.3) is 0 Å². The fraction of sp³-hybridized carbons (Fsp3) is 0.700. The van der Waals surface area contributed by atoms with Gasteiger partial charge in [0.1, 0.15) is 0 Å². The molecule has 2 N–H and O–H groups in total. The van der Waals surface area contributed by atoms with Gasteiger partial charge < -0.3 is 10.4 Å². The molecule has 1 unspecified atom stereocenters. The van der Waals surface area contributed by atoms with Crippen LogP contribution in [0.4, 0.5) is 0 Å². The van der Waals surface area contributed by atoms with Gasteiger partial charge in [0.15, 0.2) is 0 Å². The van der Waals surface area contributed by atoms with Crippen LogP contribution in [0.1, 0.15) is 23.4 Å². The molecule has 0 amide bonds. The van der Waals surface area contributed by atoms with Crippen molar-refractivity contribution in [3.63, 3.8) is 0 Å². The van der Waals surface area contributed by atoms with E-state index in [-0.39, 0.29) is 0 Å². The summed E-state index contributed by atoms with van der Waals surface area (Å²) < 4.78 is 0. The molecule has 0 aliphatic carbocycles. The first-order chi connectivity index (χ1) is 6.70. The van der Waals surface area contributed by atoms with Gasteiger partial charge in [-0.25, -0.2) is 4.98 Å². The fourth-order valence-corrected chi connectivity index (χ4v) is 2.81. The van der Waals surface area contributed by atoms with Crippen LogP contribution in [0, 0.1) is 6.92 Å². The molecule has 2 rings (SSSR count). The van der Waals surface area contributed by atoms with E-state index in [1.54, 1.807) is 11.3 Å². The van der Waals surface area contributed by atoms with Crippen LogP contribution in [-0.2, 0) is 6.42 Å². The second kappa shape index (κ2) is 3.96. The van der Waals surface area contributed by atoms with Crippen molar-refractivity contribution in [2.75, 3.05) is 13.1 Å². The number of nitrogens with one attached hydrogen (secondary N) is 1. The highest BCUT2D eigenvalue weighted by molar-refractivity contribution is 7.09. The van der Waals surface area contributed by atoms with E-state index in [2.05, 4.69) is 10.3 Å². The van der Waals surface area contributed by atoms with Gasteiger partial charge in [0, 0.05) is 17.8 Å². The maximum Gasteiger partial charge on any atom is 0.0820 e. The number of piperidine rings is 1. The summed E-state index contributed by atoms with van der Waals surface area (Å²) in [6.45, 7) is 3.75. The van der Waals surface area contributed by atoms with Crippen LogP contribution < -0.4 is 5.32 Å². The molecule has 0 bridgehead atoms. The lowest BCUT2D eigenvalue weighted by Crippen LogP contribution is -2.47. The summed E-state index contributed by atoms with van der Waals surface area (Å²) in [6, 6.07) is 0. The number of aliphatic hydroxyl groups is 1. The number of hydrogen-bond acceptors (Lipinski definition) is 4. The lowest BCUT2D eigenvalue weighted by Gasteiger charge is -2.32.